The Morgan fingerprint density at radius 3 is 2.54 bits per heavy atom. The average molecular weight is 482 g/mol. The highest BCUT2D eigenvalue weighted by Crippen LogP contribution is 2.24. The molecule has 0 amide bonds. The van der Waals surface area contributed by atoms with Crippen molar-refractivity contribution in [2.24, 2.45) is 5.41 Å². The van der Waals surface area contributed by atoms with Crippen LogP contribution < -0.4 is 10.9 Å². The van der Waals surface area contributed by atoms with Gasteiger partial charge in [0.2, 0.25) is 5.95 Å². The van der Waals surface area contributed by atoms with E-state index >= 15 is 4.39 Å². The molecule has 4 rings (SSSR count). The van der Waals surface area contributed by atoms with E-state index in [4.69, 9.17) is 4.74 Å². The zero-order valence-corrected chi connectivity index (χ0v) is 21.5. The third kappa shape index (κ3) is 6.24. The van der Waals surface area contributed by atoms with Gasteiger partial charge in [-0.2, -0.15) is 4.98 Å². The summed E-state index contributed by atoms with van der Waals surface area (Å²) in [6.45, 7) is 15.1. The van der Waals surface area contributed by atoms with E-state index in [1.165, 1.54) is 0 Å². The molecule has 1 N–H and O–H groups in total. The van der Waals surface area contributed by atoms with Crippen LogP contribution in [-0.4, -0.2) is 44.7 Å². The summed E-state index contributed by atoms with van der Waals surface area (Å²) in [6.07, 6.45) is 2.04. The molecule has 0 unspecified atom stereocenters. The Morgan fingerprint density at radius 2 is 1.89 bits per heavy atom. The Morgan fingerprint density at radius 1 is 1.17 bits per heavy atom. The number of nitrogens with zero attached hydrogens (tertiary/aromatic N) is 4. The van der Waals surface area contributed by atoms with Gasteiger partial charge in [-0.05, 0) is 43.9 Å². The number of ether oxygens (including phenoxy) is 1. The minimum atomic E-state index is -0.351. The van der Waals surface area contributed by atoms with Crippen molar-refractivity contribution in [3.8, 4) is 0 Å². The molecular formula is C27H36FN5O2. The van der Waals surface area contributed by atoms with Crippen molar-refractivity contribution in [3.05, 3.63) is 63.8 Å². The fourth-order valence-electron chi connectivity index (χ4n) is 4.73. The molecule has 35 heavy (non-hydrogen) atoms. The molecule has 0 spiro atoms. The van der Waals surface area contributed by atoms with Crippen LogP contribution in [0.25, 0.3) is 11.0 Å². The molecule has 2 aromatic heterocycles. The lowest BCUT2D eigenvalue weighted by Crippen LogP contribution is -2.44. The smallest absolute Gasteiger partial charge is 0.252 e. The summed E-state index contributed by atoms with van der Waals surface area (Å²) in [5, 5.41) is 3.99. The van der Waals surface area contributed by atoms with E-state index in [0.29, 0.717) is 30.2 Å². The maximum atomic E-state index is 15.1. The minimum absolute atomic E-state index is 0.0912. The van der Waals surface area contributed by atoms with Crippen LogP contribution >= 0.6 is 0 Å². The predicted molar refractivity (Wildman–Crippen MR) is 137 cm³/mol. The number of aromatic nitrogens is 3. The molecule has 1 aliphatic heterocycles. The summed E-state index contributed by atoms with van der Waals surface area (Å²) in [5.41, 5.74) is 1.86. The first-order valence-electron chi connectivity index (χ1n) is 12.3. The van der Waals surface area contributed by atoms with Gasteiger partial charge in [0.25, 0.3) is 5.56 Å². The van der Waals surface area contributed by atoms with Crippen LogP contribution in [-0.2, 0) is 17.8 Å². The third-order valence-corrected chi connectivity index (χ3v) is 6.13. The number of benzene rings is 1. The number of morpholine rings is 1. The third-order valence-electron chi connectivity index (χ3n) is 6.13. The number of hydrogen-bond acceptors (Lipinski definition) is 6. The lowest BCUT2D eigenvalue weighted by molar-refractivity contribution is -0.0705. The second-order valence-corrected chi connectivity index (χ2v) is 11.0. The molecule has 8 heteroatoms. The lowest BCUT2D eigenvalue weighted by atomic mass is 9.97. The molecule has 1 fully saturated rings. The zero-order valence-electron chi connectivity index (χ0n) is 21.5. The van der Waals surface area contributed by atoms with Gasteiger partial charge in [-0.15, -0.1) is 0 Å². The van der Waals surface area contributed by atoms with Crippen LogP contribution in [0.4, 0.5) is 10.3 Å². The Kier molecular flexibility index (Phi) is 7.24. The number of pyridine rings is 1. The van der Waals surface area contributed by atoms with Crippen molar-refractivity contribution >= 4 is 17.0 Å². The topological polar surface area (TPSA) is 72.3 Å². The molecule has 1 aromatic carbocycles. The Balaban J connectivity index is 1.52. The van der Waals surface area contributed by atoms with Crippen LogP contribution in [0.1, 0.15) is 58.7 Å². The first-order chi connectivity index (χ1) is 16.5. The van der Waals surface area contributed by atoms with Gasteiger partial charge in [-0.3, -0.25) is 14.3 Å². The van der Waals surface area contributed by atoms with E-state index < -0.39 is 0 Å². The molecule has 0 radical (unpaired) electrons. The van der Waals surface area contributed by atoms with Gasteiger partial charge in [0, 0.05) is 49.4 Å². The van der Waals surface area contributed by atoms with Crippen molar-refractivity contribution in [3.63, 3.8) is 0 Å². The van der Waals surface area contributed by atoms with Crippen LogP contribution in [0.15, 0.2) is 41.3 Å². The predicted octanol–water partition coefficient (Wildman–Crippen LogP) is 4.76. The first-order valence-corrected chi connectivity index (χ1v) is 12.3. The van der Waals surface area contributed by atoms with Gasteiger partial charge in [0.15, 0.2) is 0 Å². The number of rotatable bonds is 6. The number of anilines is 1. The summed E-state index contributed by atoms with van der Waals surface area (Å²) >= 11 is 0. The van der Waals surface area contributed by atoms with E-state index in [-0.39, 0.29) is 35.0 Å². The number of nitrogens with one attached hydrogen (secondary N) is 1. The normalized spacial score (nSPS) is 20.2. The van der Waals surface area contributed by atoms with E-state index in [9.17, 15) is 4.79 Å². The molecule has 3 aromatic rings. The Labute approximate surface area is 206 Å². The quantitative estimate of drug-likeness (QED) is 0.547. The Hall–Kier alpha value is -2.84. The van der Waals surface area contributed by atoms with E-state index in [2.05, 4.69) is 54.8 Å². The fourth-order valence-corrected chi connectivity index (χ4v) is 4.73. The molecule has 1 aliphatic rings. The SMILES string of the molecule is C[C@@H]1CN(Cc2ccc([C@H](C)Nc3ncc4ccc(=O)n(CC(C)(C)C)c4n3)c(F)c2)C[C@H](C)O1. The largest absolute Gasteiger partial charge is 0.373 e. The second kappa shape index (κ2) is 10.0. The van der Waals surface area contributed by atoms with Crippen molar-refractivity contribution in [2.75, 3.05) is 18.4 Å². The average Bonchev–Trinajstić information content (AvgIpc) is 2.74. The van der Waals surface area contributed by atoms with Gasteiger partial charge in [0.1, 0.15) is 11.5 Å². The van der Waals surface area contributed by atoms with Crippen LogP contribution in [0, 0.1) is 11.2 Å². The summed E-state index contributed by atoms with van der Waals surface area (Å²) < 4.78 is 22.6. The van der Waals surface area contributed by atoms with Gasteiger partial charge in [-0.25, -0.2) is 9.37 Å². The summed E-state index contributed by atoms with van der Waals surface area (Å²) in [4.78, 5) is 23.9. The van der Waals surface area contributed by atoms with E-state index in [1.807, 2.05) is 19.1 Å². The lowest BCUT2D eigenvalue weighted by Gasteiger charge is -2.35. The maximum Gasteiger partial charge on any atom is 0.252 e. The molecule has 3 atom stereocenters. The van der Waals surface area contributed by atoms with Crippen molar-refractivity contribution < 1.29 is 9.13 Å². The van der Waals surface area contributed by atoms with E-state index in [0.717, 1.165) is 24.0 Å². The van der Waals surface area contributed by atoms with Gasteiger partial charge >= 0.3 is 0 Å². The second-order valence-electron chi connectivity index (χ2n) is 11.0. The number of fused-ring (bicyclic) bond motifs is 1. The van der Waals surface area contributed by atoms with Crippen LogP contribution in [0.5, 0.6) is 0 Å². The summed E-state index contributed by atoms with van der Waals surface area (Å²) in [6, 6.07) is 8.34. The zero-order chi connectivity index (χ0) is 25.3. The highest BCUT2D eigenvalue weighted by atomic mass is 19.1. The first kappa shape index (κ1) is 25.3. The highest BCUT2D eigenvalue weighted by Gasteiger charge is 2.23. The van der Waals surface area contributed by atoms with E-state index in [1.54, 1.807) is 29.0 Å². The molecular weight excluding hydrogens is 445 g/mol. The highest BCUT2D eigenvalue weighted by molar-refractivity contribution is 5.75. The Bertz CT molecular complexity index is 1240. The maximum absolute atomic E-state index is 15.1. The molecule has 188 valence electrons. The van der Waals surface area contributed by atoms with Crippen molar-refractivity contribution in [1.29, 1.82) is 0 Å². The number of halogens is 1. The molecule has 0 aliphatic carbocycles. The van der Waals surface area contributed by atoms with Gasteiger partial charge in [0.05, 0.1) is 18.2 Å². The van der Waals surface area contributed by atoms with Crippen LogP contribution in [0.2, 0.25) is 0 Å². The van der Waals surface area contributed by atoms with Crippen molar-refractivity contribution in [2.45, 2.75) is 72.9 Å². The molecule has 3 heterocycles. The molecule has 0 saturated carbocycles. The molecule has 1 saturated heterocycles. The summed E-state index contributed by atoms with van der Waals surface area (Å²) in [7, 11) is 0. The minimum Gasteiger partial charge on any atom is -0.373 e. The van der Waals surface area contributed by atoms with Gasteiger partial charge < -0.3 is 10.1 Å². The number of hydrogen-bond donors (Lipinski definition) is 1. The fraction of sp³-hybridized carbons (Fsp3) is 0.519. The van der Waals surface area contributed by atoms with Crippen LogP contribution in [0.3, 0.4) is 0 Å². The van der Waals surface area contributed by atoms with Gasteiger partial charge in [-0.1, -0.05) is 32.9 Å². The molecule has 0 bridgehead atoms. The van der Waals surface area contributed by atoms with Crippen molar-refractivity contribution in [1.82, 2.24) is 19.4 Å². The summed E-state index contributed by atoms with van der Waals surface area (Å²) in [5.74, 6) is 0.0975. The monoisotopic (exact) mass is 481 g/mol. The standard InChI is InChI=1S/C27H36FN5O2/c1-17-13-32(14-18(2)35-17)15-20-7-9-22(23(28)11-20)19(3)30-26-29-12-21-8-10-24(34)33(25(21)31-26)16-27(4,5)6/h7-12,17-19H,13-16H2,1-6H3,(H,29,30,31)/t17-,18+,19-/m0/s1. The molecule has 7 nitrogen and oxygen atoms in total.